The van der Waals surface area contributed by atoms with Crippen LogP contribution in [0.2, 0.25) is 0 Å². The molecule has 1 atom stereocenters. The Morgan fingerprint density at radius 2 is 1.97 bits per heavy atom. The number of hydrogen-bond donors (Lipinski definition) is 1. The summed E-state index contributed by atoms with van der Waals surface area (Å²) in [7, 11) is 1.65. The van der Waals surface area contributed by atoms with Crippen molar-refractivity contribution >= 4 is 5.91 Å². The summed E-state index contributed by atoms with van der Waals surface area (Å²) in [5, 5.41) is 7.48. The van der Waals surface area contributed by atoms with Crippen molar-refractivity contribution in [3.8, 4) is 22.9 Å². The third kappa shape index (κ3) is 5.23. The van der Waals surface area contributed by atoms with Crippen LogP contribution in [0.1, 0.15) is 56.2 Å². The van der Waals surface area contributed by atoms with Gasteiger partial charge in [0.05, 0.1) is 19.7 Å². The van der Waals surface area contributed by atoms with E-state index in [1.165, 1.54) is 0 Å². The minimum absolute atomic E-state index is 0.0218. The highest BCUT2D eigenvalue weighted by molar-refractivity contribution is 5.79. The molecule has 3 aromatic rings. The lowest BCUT2D eigenvalue weighted by Crippen LogP contribution is -2.45. The van der Waals surface area contributed by atoms with Gasteiger partial charge in [-0.05, 0) is 70.5 Å². The number of benzene rings is 2. The summed E-state index contributed by atoms with van der Waals surface area (Å²) in [6.45, 7) is 8.36. The Morgan fingerprint density at radius 1 is 1.19 bits per heavy atom. The number of aromatic nitrogens is 2. The molecule has 36 heavy (non-hydrogen) atoms. The summed E-state index contributed by atoms with van der Waals surface area (Å²) in [5.41, 5.74) is 2.72. The molecule has 2 aliphatic rings. The van der Waals surface area contributed by atoms with Crippen LogP contribution in [0.25, 0.3) is 11.4 Å². The van der Waals surface area contributed by atoms with Crippen molar-refractivity contribution in [3.63, 3.8) is 0 Å². The summed E-state index contributed by atoms with van der Waals surface area (Å²) in [4.78, 5) is 20.1. The largest absolute Gasteiger partial charge is 0.497 e. The smallest absolute Gasteiger partial charge is 0.241 e. The lowest BCUT2D eigenvalue weighted by Gasteiger charge is -2.39. The van der Waals surface area contributed by atoms with Gasteiger partial charge in [-0.2, -0.15) is 4.98 Å². The molecule has 0 bridgehead atoms. The van der Waals surface area contributed by atoms with E-state index in [1.807, 2.05) is 49.4 Å². The second kappa shape index (κ2) is 9.93. The maximum absolute atomic E-state index is 13.3. The fourth-order valence-corrected chi connectivity index (χ4v) is 5.17. The zero-order chi connectivity index (χ0) is 25.3. The Morgan fingerprint density at radius 3 is 2.72 bits per heavy atom. The first kappa shape index (κ1) is 24.3. The first-order chi connectivity index (χ1) is 17.3. The van der Waals surface area contributed by atoms with Gasteiger partial charge in [-0.25, -0.2) is 0 Å². The standard InChI is InChI=1S/C28H34N4O4/c1-18-7-5-6-8-21(18)26-30-25(36-31-26)17-32-13-11-19(12-14-32)27(33)29-23-16-28(2,3)35-24-10-9-20(34-4)15-22(23)24/h5-10,15,19,23H,11-14,16-17H2,1-4H3,(H,29,33). The number of hydrogen-bond acceptors (Lipinski definition) is 7. The lowest BCUT2D eigenvalue weighted by molar-refractivity contribution is -0.127. The molecule has 2 aromatic carbocycles. The summed E-state index contributed by atoms with van der Waals surface area (Å²) in [5.74, 6) is 2.87. The van der Waals surface area contributed by atoms with E-state index in [0.29, 0.717) is 24.7 Å². The van der Waals surface area contributed by atoms with Crippen LogP contribution in [0.3, 0.4) is 0 Å². The van der Waals surface area contributed by atoms with Crippen LogP contribution in [0.15, 0.2) is 47.0 Å². The molecule has 1 N–H and O–H groups in total. The number of nitrogens with one attached hydrogen (secondary N) is 1. The molecule has 1 amide bonds. The molecule has 1 saturated heterocycles. The van der Waals surface area contributed by atoms with Crippen LogP contribution >= 0.6 is 0 Å². The number of carbonyl (C=O) groups excluding carboxylic acids is 1. The van der Waals surface area contributed by atoms with E-state index in [1.54, 1.807) is 7.11 Å². The van der Waals surface area contributed by atoms with Gasteiger partial charge in [-0.15, -0.1) is 0 Å². The molecule has 0 spiro atoms. The Balaban J connectivity index is 1.18. The zero-order valence-electron chi connectivity index (χ0n) is 21.4. The van der Waals surface area contributed by atoms with Crippen molar-refractivity contribution in [1.29, 1.82) is 0 Å². The molecule has 0 saturated carbocycles. The van der Waals surface area contributed by atoms with Crippen molar-refractivity contribution in [2.24, 2.45) is 5.92 Å². The third-order valence-electron chi connectivity index (χ3n) is 7.16. The molecule has 2 aliphatic heterocycles. The minimum atomic E-state index is -0.357. The number of fused-ring (bicyclic) bond motifs is 1. The van der Waals surface area contributed by atoms with Crippen LogP contribution in [0.4, 0.5) is 0 Å². The monoisotopic (exact) mass is 490 g/mol. The van der Waals surface area contributed by atoms with Gasteiger partial charge in [0, 0.05) is 23.5 Å². The Hall–Kier alpha value is -3.39. The molecular weight excluding hydrogens is 456 g/mol. The molecule has 3 heterocycles. The number of rotatable bonds is 6. The number of likely N-dealkylation sites (tertiary alicyclic amines) is 1. The van der Waals surface area contributed by atoms with E-state index in [2.05, 4.69) is 34.2 Å². The van der Waals surface area contributed by atoms with Gasteiger partial charge < -0.3 is 19.3 Å². The maximum Gasteiger partial charge on any atom is 0.241 e. The number of ether oxygens (including phenoxy) is 2. The maximum atomic E-state index is 13.3. The van der Waals surface area contributed by atoms with Gasteiger partial charge in [0.15, 0.2) is 0 Å². The van der Waals surface area contributed by atoms with Crippen molar-refractivity contribution in [2.45, 2.75) is 58.2 Å². The summed E-state index contributed by atoms with van der Waals surface area (Å²) in [6.07, 6.45) is 2.29. The zero-order valence-corrected chi connectivity index (χ0v) is 21.4. The third-order valence-corrected chi connectivity index (χ3v) is 7.16. The van der Waals surface area contributed by atoms with E-state index in [-0.39, 0.29) is 23.5 Å². The van der Waals surface area contributed by atoms with Gasteiger partial charge in [0.2, 0.25) is 17.6 Å². The molecule has 5 rings (SSSR count). The SMILES string of the molecule is COc1ccc2c(c1)C(NC(=O)C1CCN(Cc3nc(-c4ccccc4C)no3)CC1)CC(C)(C)O2. The van der Waals surface area contributed by atoms with Crippen LogP contribution < -0.4 is 14.8 Å². The molecule has 1 aromatic heterocycles. The number of aryl methyl sites for hydroxylation is 1. The second-order valence-corrected chi connectivity index (χ2v) is 10.4. The van der Waals surface area contributed by atoms with Crippen LogP contribution in [0, 0.1) is 12.8 Å². The predicted octanol–water partition coefficient (Wildman–Crippen LogP) is 4.68. The van der Waals surface area contributed by atoms with Crippen molar-refractivity contribution in [2.75, 3.05) is 20.2 Å². The summed E-state index contributed by atoms with van der Waals surface area (Å²) >= 11 is 0. The highest BCUT2D eigenvalue weighted by Gasteiger charge is 2.36. The predicted molar refractivity (Wildman–Crippen MR) is 136 cm³/mol. The van der Waals surface area contributed by atoms with Gasteiger partial charge in [0.25, 0.3) is 0 Å². The van der Waals surface area contributed by atoms with E-state index >= 15 is 0 Å². The first-order valence-corrected chi connectivity index (χ1v) is 12.6. The van der Waals surface area contributed by atoms with E-state index in [0.717, 1.165) is 54.1 Å². The van der Waals surface area contributed by atoms with Gasteiger partial charge in [0.1, 0.15) is 17.1 Å². The average Bonchev–Trinajstić information content (AvgIpc) is 3.32. The van der Waals surface area contributed by atoms with Crippen LogP contribution in [-0.4, -0.2) is 46.7 Å². The molecule has 8 heteroatoms. The highest BCUT2D eigenvalue weighted by Crippen LogP contribution is 2.41. The topological polar surface area (TPSA) is 89.7 Å². The molecule has 0 radical (unpaired) electrons. The van der Waals surface area contributed by atoms with E-state index in [9.17, 15) is 4.79 Å². The Labute approximate surface area is 212 Å². The fourth-order valence-electron chi connectivity index (χ4n) is 5.17. The quantitative estimate of drug-likeness (QED) is 0.536. The molecular formula is C28H34N4O4. The van der Waals surface area contributed by atoms with Crippen molar-refractivity contribution < 1.29 is 18.8 Å². The number of piperidine rings is 1. The fraction of sp³-hybridized carbons (Fsp3) is 0.464. The summed E-state index contributed by atoms with van der Waals surface area (Å²) in [6, 6.07) is 13.7. The summed E-state index contributed by atoms with van der Waals surface area (Å²) < 4.78 is 17.1. The molecule has 0 aliphatic carbocycles. The molecule has 190 valence electrons. The number of methoxy groups -OCH3 is 1. The number of nitrogens with zero attached hydrogens (tertiary/aromatic N) is 3. The normalized spacial score (nSPS) is 19.8. The first-order valence-electron chi connectivity index (χ1n) is 12.6. The Kier molecular flexibility index (Phi) is 6.71. The van der Waals surface area contributed by atoms with Gasteiger partial charge >= 0.3 is 0 Å². The molecule has 1 fully saturated rings. The number of amides is 1. The second-order valence-electron chi connectivity index (χ2n) is 10.4. The van der Waals surface area contributed by atoms with Gasteiger partial charge in [-0.1, -0.05) is 29.4 Å². The number of carbonyl (C=O) groups is 1. The van der Waals surface area contributed by atoms with Crippen molar-refractivity contribution in [1.82, 2.24) is 20.4 Å². The van der Waals surface area contributed by atoms with Crippen LogP contribution in [-0.2, 0) is 11.3 Å². The average molecular weight is 491 g/mol. The van der Waals surface area contributed by atoms with Crippen molar-refractivity contribution in [3.05, 3.63) is 59.5 Å². The molecule has 8 nitrogen and oxygen atoms in total. The highest BCUT2D eigenvalue weighted by atomic mass is 16.5. The van der Waals surface area contributed by atoms with Gasteiger partial charge in [-0.3, -0.25) is 9.69 Å². The lowest BCUT2D eigenvalue weighted by atomic mass is 9.88. The Bertz CT molecular complexity index is 1230. The van der Waals surface area contributed by atoms with Crippen LogP contribution in [0.5, 0.6) is 11.5 Å². The molecule has 1 unspecified atom stereocenters. The van der Waals surface area contributed by atoms with E-state index in [4.69, 9.17) is 14.0 Å². The minimum Gasteiger partial charge on any atom is -0.497 e. The van der Waals surface area contributed by atoms with E-state index < -0.39 is 0 Å².